The number of aryl methyl sites for hydroxylation is 1. The second-order valence-electron chi connectivity index (χ2n) is 4.37. The lowest BCUT2D eigenvalue weighted by atomic mass is 10.1. The average Bonchev–Trinajstić information content (AvgIpc) is 2.42. The van der Waals surface area contributed by atoms with Gasteiger partial charge >= 0.3 is 0 Å². The van der Waals surface area contributed by atoms with Gasteiger partial charge in [0.2, 0.25) is 0 Å². The van der Waals surface area contributed by atoms with E-state index in [1.807, 2.05) is 37.3 Å². The lowest BCUT2D eigenvalue weighted by molar-refractivity contribution is 0.341. The fraction of sp³-hybridized carbons (Fsp3) is 0.250. The van der Waals surface area contributed by atoms with Gasteiger partial charge in [0.15, 0.2) is 0 Å². The number of nitrogens with one attached hydrogen (secondary N) is 1. The average molecular weight is 259 g/mol. The van der Waals surface area contributed by atoms with E-state index in [-0.39, 0.29) is 5.82 Å². The summed E-state index contributed by atoms with van der Waals surface area (Å²) in [4.78, 5) is 0. The Morgan fingerprint density at radius 3 is 2.68 bits per heavy atom. The second kappa shape index (κ2) is 6.23. The molecule has 0 saturated heterocycles. The minimum Gasteiger partial charge on any atom is -0.492 e. The van der Waals surface area contributed by atoms with E-state index in [9.17, 15) is 4.39 Å². The third-order valence-corrected chi connectivity index (χ3v) is 2.91. The molecule has 0 aromatic heterocycles. The normalized spacial score (nSPS) is 10.3. The monoisotopic (exact) mass is 259 g/mol. The van der Waals surface area contributed by atoms with Gasteiger partial charge < -0.3 is 10.1 Å². The van der Waals surface area contributed by atoms with Crippen molar-refractivity contribution in [2.75, 3.05) is 11.9 Å². The van der Waals surface area contributed by atoms with E-state index in [1.54, 1.807) is 19.1 Å². The van der Waals surface area contributed by atoms with Crippen LogP contribution in [0.5, 0.6) is 5.75 Å². The molecule has 0 radical (unpaired) electrons. The molecule has 0 spiro atoms. The lowest BCUT2D eigenvalue weighted by Gasteiger charge is -2.12. The number of rotatable bonds is 5. The molecular weight excluding hydrogens is 241 g/mol. The van der Waals surface area contributed by atoms with Crippen molar-refractivity contribution in [3.05, 3.63) is 59.4 Å². The summed E-state index contributed by atoms with van der Waals surface area (Å²) < 4.78 is 19.0. The van der Waals surface area contributed by atoms with Gasteiger partial charge in [0.1, 0.15) is 11.6 Å². The zero-order valence-corrected chi connectivity index (χ0v) is 11.2. The van der Waals surface area contributed by atoms with Crippen LogP contribution in [0.25, 0.3) is 0 Å². The van der Waals surface area contributed by atoms with E-state index in [0.29, 0.717) is 18.7 Å². The first-order valence-corrected chi connectivity index (χ1v) is 6.41. The van der Waals surface area contributed by atoms with E-state index >= 15 is 0 Å². The van der Waals surface area contributed by atoms with Crippen LogP contribution in [0.1, 0.15) is 18.1 Å². The quantitative estimate of drug-likeness (QED) is 0.871. The van der Waals surface area contributed by atoms with Gasteiger partial charge in [-0.3, -0.25) is 0 Å². The van der Waals surface area contributed by atoms with Gasteiger partial charge in [-0.2, -0.15) is 0 Å². The van der Waals surface area contributed by atoms with Crippen molar-refractivity contribution in [3.8, 4) is 5.75 Å². The SMILES string of the molecule is CCOc1ccccc1NCc1ccc(C)c(F)c1. The second-order valence-corrected chi connectivity index (χ2v) is 4.37. The summed E-state index contributed by atoms with van der Waals surface area (Å²) in [6, 6.07) is 13.0. The highest BCUT2D eigenvalue weighted by molar-refractivity contribution is 5.56. The Morgan fingerprint density at radius 1 is 1.16 bits per heavy atom. The molecule has 2 nitrogen and oxygen atoms in total. The molecule has 2 aromatic rings. The molecule has 0 unspecified atom stereocenters. The maximum atomic E-state index is 13.5. The summed E-state index contributed by atoms with van der Waals surface area (Å²) in [6.07, 6.45) is 0. The standard InChI is InChI=1S/C16H18FNO/c1-3-19-16-7-5-4-6-15(16)18-11-13-9-8-12(2)14(17)10-13/h4-10,18H,3,11H2,1-2H3. The van der Waals surface area contributed by atoms with Gasteiger partial charge in [-0.1, -0.05) is 24.3 Å². The summed E-state index contributed by atoms with van der Waals surface area (Å²) in [5.41, 5.74) is 2.50. The van der Waals surface area contributed by atoms with Gasteiger partial charge in [-0.15, -0.1) is 0 Å². The molecule has 0 aliphatic carbocycles. The molecule has 0 aliphatic rings. The molecule has 3 heteroatoms. The summed E-state index contributed by atoms with van der Waals surface area (Å²) in [6.45, 7) is 4.90. The van der Waals surface area contributed by atoms with Crippen molar-refractivity contribution in [3.63, 3.8) is 0 Å². The van der Waals surface area contributed by atoms with E-state index < -0.39 is 0 Å². The van der Waals surface area contributed by atoms with Gasteiger partial charge in [-0.05, 0) is 43.2 Å². The molecular formula is C16H18FNO. The minimum absolute atomic E-state index is 0.169. The van der Waals surface area contributed by atoms with Crippen LogP contribution < -0.4 is 10.1 Å². The van der Waals surface area contributed by atoms with Crippen LogP contribution in [0.4, 0.5) is 10.1 Å². The van der Waals surface area contributed by atoms with E-state index in [1.165, 1.54) is 0 Å². The Morgan fingerprint density at radius 2 is 1.95 bits per heavy atom. The minimum atomic E-state index is -0.169. The van der Waals surface area contributed by atoms with E-state index in [2.05, 4.69) is 5.32 Å². The predicted octanol–water partition coefficient (Wildman–Crippen LogP) is 4.14. The summed E-state index contributed by atoms with van der Waals surface area (Å²) in [7, 11) is 0. The fourth-order valence-corrected chi connectivity index (χ4v) is 1.84. The van der Waals surface area contributed by atoms with Crippen LogP contribution in [-0.4, -0.2) is 6.61 Å². The number of ether oxygens (including phenoxy) is 1. The number of hydrogen-bond acceptors (Lipinski definition) is 2. The third kappa shape index (κ3) is 3.47. The Balaban J connectivity index is 2.07. The van der Waals surface area contributed by atoms with Crippen molar-refractivity contribution in [1.29, 1.82) is 0 Å². The maximum absolute atomic E-state index is 13.5. The Bertz CT molecular complexity index is 554. The Hall–Kier alpha value is -2.03. The first kappa shape index (κ1) is 13.4. The molecule has 100 valence electrons. The highest BCUT2D eigenvalue weighted by Gasteiger charge is 2.03. The van der Waals surface area contributed by atoms with Gasteiger partial charge in [0, 0.05) is 6.54 Å². The molecule has 1 N–H and O–H groups in total. The molecule has 19 heavy (non-hydrogen) atoms. The topological polar surface area (TPSA) is 21.3 Å². The van der Waals surface area contributed by atoms with Crippen molar-refractivity contribution in [2.24, 2.45) is 0 Å². The molecule has 0 saturated carbocycles. The smallest absolute Gasteiger partial charge is 0.142 e. The molecule has 2 rings (SSSR count). The summed E-state index contributed by atoms with van der Waals surface area (Å²) >= 11 is 0. The van der Waals surface area contributed by atoms with Crippen LogP contribution in [0.15, 0.2) is 42.5 Å². The largest absolute Gasteiger partial charge is 0.492 e. The number of halogens is 1. The van der Waals surface area contributed by atoms with Crippen LogP contribution in [0, 0.1) is 12.7 Å². The lowest BCUT2D eigenvalue weighted by Crippen LogP contribution is -2.03. The first-order chi connectivity index (χ1) is 9.20. The highest BCUT2D eigenvalue weighted by Crippen LogP contribution is 2.24. The molecule has 0 bridgehead atoms. The number of benzene rings is 2. The fourth-order valence-electron chi connectivity index (χ4n) is 1.84. The Kier molecular flexibility index (Phi) is 4.39. The van der Waals surface area contributed by atoms with Crippen LogP contribution in [0.3, 0.4) is 0 Å². The highest BCUT2D eigenvalue weighted by atomic mass is 19.1. The van der Waals surface area contributed by atoms with Gasteiger partial charge in [-0.25, -0.2) is 4.39 Å². The van der Waals surface area contributed by atoms with E-state index in [0.717, 1.165) is 17.0 Å². The van der Waals surface area contributed by atoms with E-state index in [4.69, 9.17) is 4.74 Å². The van der Waals surface area contributed by atoms with Crippen LogP contribution in [0.2, 0.25) is 0 Å². The molecule has 0 atom stereocenters. The van der Waals surface area contributed by atoms with Crippen molar-refractivity contribution >= 4 is 5.69 Å². The van der Waals surface area contributed by atoms with Crippen molar-refractivity contribution in [2.45, 2.75) is 20.4 Å². The first-order valence-electron chi connectivity index (χ1n) is 6.41. The molecule has 0 heterocycles. The molecule has 2 aromatic carbocycles. The summed E-state index contributed by atoms with van der Waals surface area (Å²) in [5.74, 6) is 0.648. The molecule has 0 fully saturated rings. The van der Waals surface area contributed by atoms with Gasteiger partial charge in [0.25, 0.3) is 0 Å². The number of hydrogen-bond donors (Lipinski definition) is 1. The van der Waals surface area contributed by atoms with Crippen molar-refractivity contribution < 1.29 is 9.13 Å². The predicted molar refractivity (Wildman–Crippen MR) is 76.1 cm³/mol. The van der Waals surface area contributed by atoms with Gasteiger partial charge in [0.05, 0.1) is 12.3 Å². The zero-order valence-electron chi connectivity index (χ0n) is 11.2. The zero-order chi connectivity index (χ0) is 13.7. The van der Waals surface area contributed by atoms with Crippen LogP contribution >= 0.6 is 0 Å². The Labute approximate surface area is 113 Å². The molecule has 0 amide bonds. The third-order valence-electron chi connectivity index (χ3n) is 2.91. The number of anilines is 1. The molecule has 0 aliphatic heterocycles. The van der Waals surface area contributed by atoms with Crippen LogP contribution in [-0.2, 0) is 6.54 Å². The van der Waals surface area contributed by atoms with Crippen molar-refractivity contribution in [1.82, 2.24) is 0 Å². The summed E-state index contributed by atoms with van der Waals surface area (Å²) in [5, 5.41) is 3.27. The number of para-hydroxylation sites is 2. The maximum Gasteiger partial charge on any atom is 0.142 e.